The minimum Gasteiger partial charge on any atom is -0.494 e. The van der Waals surface area contributed by atoms with E-state index in [4.69, 9.17) is 9.47 Å². The number of benzene rings is 3. The van der Waals surface area contributed by atoms with Gasteiger partial charge < -0.3 is 20.1 Å². The van der Waals surface area contributed by atoms with Gasteiger partial charge in [-0.2, -0.15) is 0 Å². The zero-order valence-electron chi connectivity index (χ0n) is 18.6. The first-order valence-electron chi connectivity index (χ1n) is 10.5. The van der Waals surface area contributed by atoms with E-state index in [-0.39, 0.29) is 30.4 Å². The molecule has 0 aliphatic heterocycles. The minimum absolute atomic E-state index is 0.00107. The van der Waals surface area contributed by atoms with Crippen LogP contribution in [0, 0.1) is 0 Å². The number of amides is 2. The van der Waals surface area contributed by atoms with Crippen LogP contribution in [-0.4, -0.2) is 31.8 Å². The van der Waals surface area contributed by atoms with Crippen molar-refractivity contribution in [3.8, 4) is 11.5 Å². The summed E-state index contributed by atoms with van der Waals surface area (Å²) in [4.78, 5) is 37.2. The fraction of sp³-hybridized carbons (Fsp3) is 0.192. The van der Waals surface area contributed by atoms with Gasteiger partial charge in [-0.3, -0.25) is 14.4 Å². The molecule has 3 rings (SSSR count). The number of carbonyl (C=O) groups is 3. The van der Waals surface area contributed by atoms with Gasteiger partial charge in [0, 0.05) is 36.1 Å². The number of methoxy groups -OCH3 is 2. The summed E-state index contributed by atoms with van der Waals surface area (Å²) in [6, 6.07) is 21.0. The first-order chi connectivity index (χ1) is 16.0. The Morgan fingerprint density at radius 2 is 1.21 bits per heavy atom. The zero-order valence-corrected chi connectivity index (χ0v) is 18.6. The van der Waals surface area contributed by atoms with Crippen LogP contribution in [0.15, 0.2) is 72.8 Å². The van der Waals surface area contributed by atoms with Crippen molar-refractivity contribution in [1.29, 1.82) is 0 Å². The smallest absolute Gasteiger partial charge is 0.255 e. The Morgan fingerprint density at radius 3 is 1.76 bits per heavy atom. The van der Waals surface area contributed by atoms with Gasteiger partial charge in [0.05, 0.1) is 25.6 Å². The highest BCUT2D eigenvalue weighted by molar-refractivity contribution is 6.05. The molecule has 7 nitrogen and oxygen atoms in total. The van der Waals surface area contributed by atoms with Gasteiger partial charge in [-0.25, -0.2) is 0 Å². The molecule has 0 atom stereocenters. The molecule has 3 aromatic rings. The molecule has 0 saturated heterocycles. The first-order valence-corrected chi connectivity index (χ1v) is 10.5. The van der Waals surface area contributed by atoms with Gasteiger partial charge in [0.15, 0.2) is 5.78 Å². The molecule has 0 aromatic heterocycles. The van der Waals surface area contributed by atoms with Crippen molar-refractivity contribution in [2.45, 2.75) is 19.3 Å². The molecule has 7 heteroatoms. The van der Waals surface area contributed by atoms with Crippen molar-refractivity contribution in [2.24, 2.45) is 0 Å². The van der Waals surface area contributed by atoms with Gasteiger partial charge in [0.25, 0.3) is 5.91 Å². The average molecular weight is 447 g/mol. The lowest BCUT2D eigenvalue weighted by Crippen LogP contribution is -2.15. The predicted molar refractivity (Wildman–Crippen MR) is 127 cm³/mol. The maximum absolute atomic E-state index is 12.5. The largest absolute Gasteiger partial charge is 0.494 e. The number of ether oxygens (including phenoxy) is 2. The molecular weight excluding hydrogens is 420 g/mol. The normalized spacial score (nSPS) is 10.2. The summed E-state index contributed by atoms with van der Waals surface area (Å²) in [5.41, 5.74) is 1.96. The van der Waals surface area contributed by atoms with E-state index in [2.05, 4.69) is 10.6 Å². The average Bonchev–Trinajstić information content (AvgIpc) is 2.85. The third-order valence-corrected chi connectivity index (χ3v) is 4.98. The van der Waals surface area contributed by atoms with Crippen molar-refractivity contribution < 1.29 is 23.9 Å². The van der Waals surface area contributed by atoms with Crippen LogP contribution >= 0.6 is 0 Å². The lowest BCUT2D eigenvalue weighted by atomic mass is 10.1. The molecule has 33 heavy (non-hydrogen) atoms. The number of Topliss-reactive ketones (excluding diaryl/α,β-unsaturated/α-hetero) is 1. The van der Waals surface area contributed by atoms with Crippen molar-refractivity contribution >= 4 is 29.0 Å². The number of anilines is 2. The summed E-state index contributed by atoms with van der Waals surface area (Å²) >= 11 is 0. The molecule has 0 aliphatic carbocycles. The van der Waals surface area contributed by atoms with Crippen LogP contribution in [0.25, 0.3) is 0 Å². The lowest BCUT2D eigenvalue weighted by molar-refractivity contribution is -0.116. The maximum atomic E-state index is 12.5. The molecule has 0 fully saturated rings. The summed E-state index contributed by atoms with van der Waals surface area (Å²) < 4.78 is 10.8. The van der Waals surface area contributed by atoms with Crippen LogP contribution in [0.1, 0.15) is 40.0 Å². The molecule has 0 unspecified atom stereocenters. The Hall–Kier alpha value is -4.13. The van der Waals surface area contributed by atoms with E-state index in [1.807, 2.05) is 24.3 Å². The van der Waals surface area contributed by atoms with Crippen LogP contribution in [0.2, 0.25) is 0 Å². The van der Waals surface area contributed by atoms with E-state index in [9.17, 15) is 14.4 Å². The predicted octanol–water partition coefficient (Wildman–Crippen LogP) is 4.95. The number of carbonyl (C=O) groups excluding carboxylic acids is 3. The van der Waals surface area contributed by atoms with Crippen LogP contribution in [0.4, 0.5) is 11.4 Å². The molecule has 0 heterocycles. The monoisotopic (exact) mass is 446 g/mol. The summed E-state index contributed by atoms with van der Waals surface area (Å²) in [5.74, 6) is 0.191. The van der Waals surface area contributed by atoms with Crippen molar-refractivity contribution in [2.75, 3.05) is 24.9 Å². The molecule has 0 radical (unpaired) electrons. The Balaban J connectivity index is 1.64. The molecule has 0 saturated carbocycles. The zero-order chi connectivity index (χ0) is 23.6. The Kier molecular flexibility index (Phi) is 8.18. The summed E-state index contributed by atoms with van der Waals surface area (Å²) in [6.07, 6.45) is 0.878. The second-order valence-electron chi connectivity index (χ2n) is 7.26. The van der Waals surface area contributed by atoms with Gasteiger partial charge in [-0.1, -0.05) is 48.5 Å². The van der Waals surface area contributed by atoms with E-state index in [1.165, 1.54) is 14.2 Å². The highest BCUT2D eigenvalue weighted by Crippen LogP contribution is 2.36. The van der Waals surface area contributed by atoms with Crippen LogP contribution < -0.4 is 20.1 Å². The Bertz CT molecular complexity index is 1110. The quantitative estimate of drug-likeness (QED) is 0.430. The van der Waals surface area contributed by atoms with E-state index in [0.717, 1.165) is 0 Å². The summed E-state index contributed by atoms with van der Waals surface area (Å²) in [5, 5.41) is 5.60. The summed E-state index contributed by atoms with van der Waals surface area (Å²) in [7, 11) is 2.94. The summed E-state index contributed by atoms with van der Waals surface area (Å²) in [6.45, 7) is 0. The van der Waals surface area contributed by atoms with Gasteiger partial charge in [0.1, 0.15) is 11.5 Å². The van der Waals surface area contributed by atoms with Crippen molar-refractivity contribution in [3.05, 3.63) is 83.9 Å². The lowest BCUT2D eigenvalue weighted by Gasteiger charge is -2.16. The van der Waals surface area contributed by atoms with Gasteiger partial charge in [-0.05, 0) is 18.6 Å². The van der Waals surface area contributed by atoms with E-state index in [1.54, 1.807) is 48.5 Å². The molecule has 2 amide bonds. The van der Waals surface area contributed by atoms with Gasteiger partial charge in [0.2, 0.25) is 5.91 Å². The SMILES string of the molecule is COc1cc(NC(=O)c2ccccc2)c(OC)cc1NC(=O)CCCC(=O)c1ccccc1. The molecule has 170 valence electrons. The molecule has 0 bridgehead atoms. The van der Waals surface area contributed by atoms with E-state index < -0.39 is 0 Å². The van der Waals surface area contributed by atoms with Crippen LogP contribution in [0.3, 0.4) is 0 Å². The standard InChI is InChI=1S/C26H26N2O5/c1-32-23-17-21(28-26(31)19-12-7-4-8-13-19)24(33-2)16-20(23)27-25(30)15-9-14-22(29)18-10-5-3-6-11-18/h3-8,10-13,16-17H,9,14-15H2,1-2H3,(H,27,30)(H,28,31). The highest BCUT2D eigenvalue weighted by Gasteiger charge is 2.16. The van der Waals surface area contributed by atoms with Crippen molar-refractivity contribution in [3.63, 3.8) is 0 Å². The van der Waals surface area contributed by atoms with Gasteiger partial charge >= 0.3 is 0 Å². The molecule has 0 spiro atoms. The van der Waals surface area contributed by atoms with Crippen molar-refractivity contribution in [1.82, 2.24) is 0 Å². The topological polar surface area (TPSA) is 93.7 Å². The fourth-order valence-corrected chi connectivity index (χ4v) is 3.27. The number of ketones is 1. The van der Waals surface area contributed by atoms with E-state index in [0.29, 0.717) is 40.4 Å². The van der Waals surface area contributed by atoms with Gasteiger partial charge in [-0.15, -0.1) is 0 Å². The second-order valence-corrected chi connectivity index (χ2v) is 7.26. The third-order valence-electron chi connectivity index (χ3n) is 4.98. The number of rotatable bonds is 10. The second kappa shape index (κ2) is 11.5. The first kappa shape index (κ1) is 23.5. The number of nitrogens with one attached hydrogen (secondary N) is 2. The Labute approximate surface area is 192 Å². The van der Waals surface area contributed by atoms with Crippen LogP contribution in [-0.2, 0) is 4.79 Å². The fourth-order valence-electron chi connectivity index (χ4n) is 3.27. The molecule has 2 N–H and O–H groups in total. The molecule has 0 aliphatic rings. The number of hydrogen-bond donors (Lipinski definition) is 2. The minimum atomic E-state index is -0.296. The maximum Gasteiger partial charge on any atom is 0.255 e. The third kappa shape index (κ3) is 6.43. The Morgan fingerprint density at radius 1 is 0.697 bits per heavy atom. The van der Waals surface area contributed by atoms with E-state index >= 15 is 0 Å². The molecule has 3 aromatic carbocycles. The van der Waals surface area contributed by atoms with Crippen LogP contribution in [0.5, 0.6) is 11.5 Å². The highest BCUT2D eigenvalue weighted by atomic mass is 16.5. The number of hydrogen-bond acceptors (Lipinski definition) is 5. The molecular formula is C26H26N2O5.